The Balaban J connectivity index is 1.46. The fraction of sp³-hybridized carbons (Fsp3) is 0.364. The number of nitrogens with one attached hydrogen (secondary N) is 2. The normalized spacial score (nSPS) is 11.0. The maximum absolute atomic E-state index is 13.1. The number of halogens is 1. The average Bonchev–Trinajstić information content (AvgIpc) is 3.36. The van der Waals surface area contributed by atoms with Gasteiger partial charge in [-0.25, -0.2) is 9.18 Å². The molecule has 0 fully saturated rings. The van der Waals surface area contributed by atoms with Crippen LogP contribution in [0.4, 0.5) is 10.2 Å². The van der Waals surface area contributed by atoms with Gasteiger partial charge in [-0.1, -0.05) is 0 Å². The minimum atomic E-state index is -0.524. The first-order valence-corrected chi connectivity index (χ1v) is 10.3. The Morgan fingerprint density at radius 1 is 1.28 bits per heavy atom. The van der Waals surface area contributed by atoms with E-state index >= 15 is 0 Å². The molecule has 1 amide bonds. The zero-order chi connectivity index (χ0) is 23.1. The number of nitrogens with zero attached hydrogens (tertiary/aromatic N) is 4. The SMILES string of the molecule is CCOC(=O)c1cnn(C)c1NC(=O)CN(C)CCCc1cc(-c2ccc(F)cc2)n[nH]1. The topological polar surface area (TPSA) is 105 Å². The van der Waals surface area contributed by atoms with E-state index in [4.69, 9.17) is 4.74 Å². The number of amides is 1. The summed E-state index contributed by atoms with van der Waals surface area (Å²) >= 11 is 0. The van der Waals surface area contributed by atoms with Crippen molar-refractivity contribution in [3.8, 4) is 11.3 Å². The molecule has 0 radical (unpaired) electrons. The molecule has 3 aromatic rings. The van der Waals surface area contributed by atoms with E-state index in [1.54, 1.807) is 26.1 Å². The van der Waals surface area contributed by atoms with Gasteiger partial charge in [-0.05, 0) is 63.7 Å². The lowest BCUT2D eigenvalue weighted by atomic mass is 10.1. The Labute approximate surface area is 185 Å². The van der Waals surface area contributed by atoms with E-state index in [0.717, 1.165) is 29.8 Å². The molecule has 0 spiro atoms. The van der Waals surface area contributed by atoms with Crippen molar-refractivity contribution in [2.45, 2.75) is 19.8 Å². The van der Waals surface area contributed by atoms with Gasteiger partial charge in [-0.3, -0.25) is 19.5 Å². The number of carbonyl (C=O) groups excluding carboxylic acids is 2. The van der Waals surface area contributed by atoms with Gasteiger partial charge in [0.05, 0.1) is 25.0 Å². The standard InChI is InChI=1S/C22H27FN6O3/c1-4-32-22(31)18-13-24-29(3)21(18)25-20(30)14-28(2)11-5-6-17-12-19(27-26-17)15-7-9-16(23)10-8-15/h7-10,12-13H,4-6,11,14H2,1-3H3,(H,25,30)(H,26,27). The van der Waals surface area contributed by atoms with Crippen LogP contribution in [0.15, 0.2) is 36.5 Å². The van der Waals surface area contributed by atoms with Gasteiger partial charge in [0.2, 0.25) is 5.91 Å². The molecule has 9 nitrogen and oxygen atoms in total. The largest absolute Gasteiger partial charge is 0.462 e. The van der Waals surface area contributed by atoms with Crippen LogP contribution >= 0.6 is 0 Å². The third kappa shape index (κ3) is 6.01. The number of aromatic amines is 1. The predicted octanol–water partition coefficient (Wildman–Crippen LogP) is 2.63. The molecule has 2 N–H and O–H groups in total. The van der Waals surface area contributed by atoms with E-state index in [-0.39, 0.29) is 30.4 Å². The van der Waals surface area contributed by atoms with Crippen LogP contribution in [0.1, 0.15) is 29.4 Å². The number of anilines is 1. The molecule has 10 heteroatoms. The van der Waals surface area contributed by atoms with Crippen LogP contribution in [0.3, 0.4) is 0 Å². The second-order valence-corrected chi connectivity index (χ2v) is 7.43. The van der Waals surface area contributed by atoms with Gasteiger partial charge in [-0.2, -0.15) is 10.2 Å². The number of rotatable bonds is 10. The number of ether oxygens (including phenoxy) is 1. The smallest absolute Gasteiger partial charge is 0.343 e. The zero-order valence-corrected chi connectivity index (χ0v) is 18.4. The molecule has 0 saturated carbocycles. The molecule has 32 heavy (non-hydrogen) atoms. The highest BCUT2D eigenvalue weighted by Gasteiger charge is 2.19. The van der Waals surface area contributed by atoms with Gasteiger partial charge < -0.3 is 10.1 Å². The molecule has 2 aromatic heterocycles. The molecular formula is C22H27FN6O3. The molecule has 0 saturated heterocycles. The molecule has 0 aliphatic heterocycles. The fourth-order valence-corrected chi connectivity index (χ4v) is 3.24. The summed E-state index contributed by atoms with van der Waals surface area (Å²) in [5.41, 5.74) is 2.80. The molecule has 0 atom stereocenters. The molecule has 2 heterocycles. The van der Waals surface area contributed by atoms with Crippen molar-refractivity contribution < 1.29 is 18.7 Å². The first-order valence-electron chi connectivity index (χ1n) is 10.3. The van der Waals surface area contributed by atoms with Crippen LogP contribution in [0.2, 0.25) is 0 Å². The lowest BCUT2D eigenvalue weighted by Gasteiger charge is -2.16. The van der Waals surface area contributed by atoms with Gasteiger partial charge in [0, 0.05) is 18.3 Å². The van der Waals surface area contributed by atoms with Crippen molar-refractivity contribution in [3.05, 3.63) is 53.6 Å². The number of hydrogen-bond donors (Lipinski definition) is 2. The Morgan fingerprint density at radius 2 is 2.03 bits per heavy atom. The van der Waals surface area contributed by atoms with Crippen molar-refractivity contribution in [2.24, 2.45) is 7.05 Å². The Kier molecular flexibility index (Phi) is 7.72. The number of aromatic nitrogens is 4. The highest BCUT2D eigenvalue weighted by Crippen LogP contribution is 2.19. The quantitative estimate of drug-likeness (QED) is 0.468. The lowest BCUT2D eigenvalue weighted by molar-refractivity contribution is -0.117. The monoisotopic (exact) mass is 442 g/mol. The maximum atomic E-state index is 13.1. The van der Waals surface area contributed by atoms with E-state index in [1.807, 2.05) is 18.0 Å². The Morgan fingerprint density at radius 3 is 2.75 bits per heavy atom. The molecule has 0 aliphatic carbocycles. The molecule has 0 aliphatic rings. The fourth-order valence-electron chi connectivity index (χ4n) is 3.24. The number of aryl methyl sites for hydroxylation is 2. The van der Waals surface area contributed by atoms with E-state index in [9.17, 15) is 14.0 Å². The van der Waals surface area contributed by atoms with Crippen molar-refractivity contribution in [1.82, 2.24) is 24.9 Å². The van der Waals surface area contributed by atoms with E-state index in [1.165, 1.54) is 23.0 Å². The minimum absolute atomic E-state index is 0.164. The van der Waals surface area contributed by atoms with E-state index in [0.29, 0.717) is 12.4 Å². The Hall–Kier alpha value is -3.53. The Bertz CT molecular complexity index is 1060. The molecule has 0 bridgehead atoms. The molecule has 170 valence electrons. The average molecular weight is 442 g/mol. The summed E-state index contributed by atoms with van der Waals surface area (Å²) in [7, 11) is 3.50. The summed E-state index contributed by atoms with van der Waals surface area (Å²) in [6, 6.07) is 8.14. The van der Waals surface area contributed by atoms with E-state index < -0.39 is 5.97 Å². The van der Waals surface area contributed by atoms with Crippen LogP contribution in [0, 0.1) is 5.82 Å². The molecule has 0 unspecified atom stereocenters. The van der Waals surface area contributed by atoms with Crippen LogP contribution in [0.5, 0.6) is 0 Å². The summed E-state index contributed by atoms with van der Waals surface area (Å²) in [5, 5.41) is 14.0. The lowest BCUT2D eigenvalue weighted by Crippen LogP contribution is -2.32. The third-order valence-electron chi connectivity index (χ3n) is 4.86. The summed E-state index contributed by atoms with van der Waals surface area (Å²) in [6.07, 6.45) is 2.95. The van der Waals surface area contributed by atoms with Crippen LogP contribution in [-0.4, -0.2) is 63.5 Å². The number of H-pyrrole nitrogens is 1. The molecular weight excluding hydrogens is 415 g/mol. The number of hydrogen-bond acceptors (Lipinski definition) is 6. The summed E-state index contributed by atoms with van der Waals surface area (Å²) in [4.78, 5) is 26.3. The summed E-state index contributed by atoms with van der Waals surface area (Å²) in [5.74, 6) is -0.740. The van der Waals surface area contributed by atoms with Gasteiger partial charge in [-0.15, -0.1) is 0 Å². The third-order valence-corrected chi connectivity index (χ3v) is 4.86. The maximum Gasteiger partial charge on any atom is 0.343 e. The molecule has 1 aromatic carbocycles. The molecule has 3 rings (SSSR count). The van der Waals surface area contributed by atoms with Crippen molar-refractivity contribution >= 4 is 17.7 Å². The number of esters is 1. The van der Waals surface area contributed by atoms with Gasteiger partial charge in [0.15, 0.2) is 0 Å². The van der Waals surface area contributed by atoms with Crippen molar-refractivity contribution in [2.75, 3.05) is 32.1 Å². The van der Waals surface area contributed by atoms with Crippen LogP contribution < -0.4 is 5.32 Å². The number of benzene rings is 1. The van der Waals surface area contributed by atoms with Crippen LogP contribution in [0.25, 0.3) is 11.3 Å². The summed E-state index contributed by atoms with van der Waals surface area (Å²) < 4.78 is 19.5. The second kappa shape index (κ2) is 10.7. The van der Waals surface area contributed by atoms with E-state index in [2.05, 4.69) is 20.6 Å². The van der Waals surface area contributed by atoms with Crippen molar-refractivity contribution in [1.29, 1.82) is 0 Å². The first-order chi connectivity index (χ1) is 15.4. The van der Waals surface area contributed by atoms with Gasteiger partial charge >= 0.3 is 5.97 Å². The van der Waals surface area contributed by atoms with Crippen LogP contribution in [-0.2, 0) is 23.0 Å². The first kappa shape index (κ1) is 23.1. The second-order valence-electron chi connectivity index (χ2n) is 7.43. The zero-order valence-electron chi connectivity index (χ0n) is 18.4. The predicted molar refractivity (Wildman–Crippen MR) is 118 cm³/mol. The van der Waals surface area contributed by atoms with Gasteiger partial charge in [0.1, 0.15) is 17.2 Å². The summed E-state index contributed by atoms with van der Waals surface area (Å²) in [6.45, 7) is 2.81. The highest BCUT2D eigenvalue weighted by atomic mass is 19.1. The minimum Gasteiger partial charge on any atom is -0.462 e. The van der Waals surface area contributed by atoms with Gasteiger partial charge in [0.25, 0.3) is 0 Å². The number of carbonyl (C=O) groups is 2. The highest BCUT2D eigenvalue weighted by molar-refractivity contribution is 6.00. The number of likely N-dealkylation sites (N-methyl/N-ethyl adjacent to an activating group) is 1. The van der Waals surface area contributed by atoms with Crippen molar-refractivity contribution in [3.63, 3.8) is 0 Å².